The maximum atomic E-state index is 14.3. The van der Waals surface area contributed by atoms with Gasteiger partial charge in [0.1, 0.15) is 5.82 Å². The van der Waals surface area contributed by atoms with Gasteiger partial charge in [0, 0.05) is 29.2 Å². The van der Waals surface area contributed by atoms with Crippen molar-refractivity contribution in [2.45, 2.75) is 38.1 Å². The molecule has 0 radical (unpaired) electrons. The zero-order valence-corrected chi connectivity index (χ0v) is 14.0. The Balaban J connectivity index is 1.77. The van der Waals surface area contributed by atoms with Crippen LogP contribution in [0.3, 0.4) is 0 Å². The Hall–Kier alpha value is -0.450. The van der Waals surface area contributed by atoms with Gasteiger partial charge in [0.05, 0.1) is 0 Å². The Kier molecular flexibility index (Phi) is 4.97. The molecule has 3 atom stereocenters. The molecule has 0 aromatic heterocycles. The number of benzene rings is 1. The first kappa shape index (κ1) is 15.4. The van der Waals surface area contributed by atoms with Crippen molar-refractivity contribution in [2.24, 2.45) is 17.6 Å². The SMILES string of the molecule is NCC(c1ccc(Br)cc1F)N1CCC2CCCCC2C1. The summed E-state index contributed by atoms with van der Waals surface area (Å²) in [5.41, 5.74) is 6.74. The summed E-state index contributed by atoms with van der Waals surface area (Å²) in [5.74, 6) is 1.54. The fourth-order valence-corrected chi connectivity index (χ4v) is 4.49. The zero-order chi connectivity index (χ0) is 14.8. The lowest BCUT2D eigenvalue weighted by Crippen LogP contribution is -2.45. The van der Waals surface area contributed by atoms with Crippen LogP contribution < -0.4 is 5.73 Å². The monoisotopic (exact) mass is 354 g/mol. The molecule has 1 aliphatic heterocycles. The minimum atomic E-state index is -0.148. The molecule has 3 rings (SSSR count). The summed E-state index contributed by atoms with van der Waals surface area (Å²) >= 11 is 3.32. The number of nitrogens with two attached hydrogens (primary N) is 1. The van der Waals surface area contributed by atoms with E-state index in [-0.39, 0.29) is 11.9 Å². The first-order chi connectivity index (χ1) is 10.2. The van der Waals surface area contributed by atoms with E-state index in [9.17, 15) is 4.39 Å². The minimum absolute atomic E-state index is 0.0148. The quantitative estimate of drug-likeness (QED) is 0.885. The van der Waals surface area contributed by atoms with Crippen LogP contribution in [0, 0.1) is 17.7 Å². The van der Waals surface area contributed by atoms with E-state index in [0.29, 0.717) is 6.54 Å². The van der Waals surface area contributed by atoms with Crippen molar-refractivity contribution in [3.05, 3.63) is 34.1 Å². The second-order valence-electron chi connectivity index (χ2n) is 6.51. The lowest BCUT2D eigenvalue weighted by molar-refractivity contribution is 0.0576. The number of hydrogen-bond acceptors (Lipinski definition) is 2. The van der Waals surface area contributed by atoms with E-state index in [1.807, 2.05) is 12.1 Å². The zero-order valence-electron chi connectivity index (χ0n) is 12.4. The van der Waals surface area contributed by atoms with Crippen LogP contribution in [0.4, 0.5) is 4.39 Å². The molecule has 3 unspecified atom stereocenters. The number of likely N-dealkylation sites (tertiary alicyclic amines) is 1. The molecular weight excluding hydrogens is 331 g/mol. The van der Waals surface area contributed by atoms with Gasteiger partial charge in [0.15, 0.2) is 0 Å². The molecule has 4 heteroatoms. The molecule has 0 amide bonds. The van der Waals surface area contributed by atoms with Gasteiger partial charge in [-0.15, -0.1) is 0 Å². The van der Waals surface area contributed by atoms with Gasteiger partial charge in [0.25, 0.3) is 0 Å². The summed E-state index contributed by atoms with van der Waals surface area (Å²) < 4.78 is 15.0. The van der Waals surface area contributed by atoms with Gasteiger partial charge in [-0.05, 0) is 43.4 Å². The third-order valence-corrected chi connectivity index (χ3v) is 5.80. The molecule has 2 aliphatic rings. The first-order valence-electron chi connectivity index (χ1n) is 8.08. The fraction of sp³-hybridized carbons (Fsp3) is 0.647. The van der Waals surface area contributed by atoms with E-state index < -0.39 is 0 Å². The van der Waals surface area contributed by atoms with Crippen LogP contribution in [0.15, 0.2) is 22.7 Å². The van der Waals surface area contributed by atoms with Crippen molar-refractivity contribution in [3.8, 4) is 0 Å². The van der Waals surface area contributed by atoms with Crippen LogP contribution in [-0.4, -0.2) is 24.5 Å². The summed E-state index contributed by atoms with van der Waals surface area (Å²) in [6.07, 6.45) is 6.72. The minimum Gasteiger partial charge on any atom is -0.329 e. The highest BCUT2D eigenvalue weighted by molar-refractivity contribution is 9.10. The highest BCUT2D eigenvalue weighted by Gasteiger charge is 2.34. The molecule has 1 aromatic rings. The Morgan fingerprint density at radius 3 is 2.71 bits per heavy atom. The Morgan fingerprint density at radius 1 is 1.24 bits per heavy atom. The van der Waals surface area contributed by atoms with Crippen LogP contribution in [0.5, 0.6) is 0 Å². The predicted octanol–water partition coefficient (Wildman–Crippen LogP) is 4.10. The Morgan fingerprint density at radius 2 is 2.00 bits per heavy atom. The van der Waals surface area contributed by atoms with Crippen LogP contribution in [0.25, 0.3) is 0 Å². The highest BCUT2D eigenvalue weighted by Crippen LogP contribution is 2.38. The summed E-state index contributed by atoms with van der Waals surface area (Å²) in [6.45, 7) is 2.62. The van der Waals surface area contributed by atoms with E-state index in [0.717, 1.165) is 35.0 Å². The predicted molar refractivity (Wildman–Crippen MR) is 87.5 cm³/mol. The molecule has 1 heterocycles. The van der Waals surface area contributed by atoms with Gasteiger partial charge in [-0.3, -0.25) is 4.90 Å². The van der Waals surface area contributed by atoms with Crippen molar-refractivity contribution in [3.63, 3.8) is 0 Å². The number of rotatable bonds is 3. The van der Waals surface area contributed by atoms with Crippen molar-refractivity contribution < 1.29 is 4.39 Å². The standard InChI is InChI=1S/C17H24BrFN2/c18-14-5-6-15(16(19)9-14)17(10-20)21-8-7-12-3-1-2-4-13(12)11-21/h5-6,9,12-13,17H,1-4,7-8,10-11,20H2. The van der Waals surface area contributed by atoms with E-state index in [2.05, 4.69) is 20.8 Å². The van der Waals surface area contributed by atoms with Crippen molar-refractivity contribution in [2.75, 3.05) is 19.6 Å². The van der Waals surface area contributed by atoms with E-state index in [1.165, 1.54) is 32.1 Å². The second-order valence-corrected chi connectivity index (χ2v) is 7.42. The normalized spacial score (nSPS) is 28.1. The van der Waals surface area contributed by atoms with Crippen LogP contribution >= 0.6 is 15.9 Å². The van der Waals surface area contributed by atoms with E-state index >= 15 is 0 Å². The van der Waals surface area contributed by atoms with Crippen LogP contribution in [0.1, 0.15) is 43.7 Å². The lowest BCUT2D eigenvalue weighted by atomic mass is 9.74. The molecule has 116 valence electrons. The van der Waals surface area contributed by atoms with Crippen LogP contribution in [0.2, 0.25) is 0 Å². The molecule has 1 saturated heterocycles. The van der Waals surface area contributed by atoms with E-state index in [1.54, 1.807) is 6.07 Å². The van der Waals surface area contributed by atoms with Crippen LogP contribution in [-0.2, 0) is 0 Å². The molecule has 21 heavy (non-hydrogen) atoms. The fourth-order valence-electron chi connectivity index (χ4n) is 4.16. The van der Waals surface area contributed by atoms with Gasteiger partial charge >= 0.3 is 0 Å². The largest absolute Gasteiger partial charge is 0.329 e. The average molecular weight is 355 g/mol. The molecule has 2 nitrogen and oxygen atoms in total. The number of nitrogens with zero attached hydrogens (tertiary/aromatic N) is 1. The number of fused-ring (bicyclic) bond motifs is 1. The summed E-state index contributed by atoms with van der Waals surface area (Å²) in [6, 6.07) is 5.35. The number of hydrogen-bond donors (Lipinski definition) is 1. The van der Waals surface area contributed by atoms with Gasteiger partial charge in [-0.1, -0.05) is 41.3 Å². The highest BCUT2D eigenvalue weighted by atomic mass is 79.9. The Labute approximate surface area is 135 Å². The summed E-state index contributed by atoms with van der Waals surface area (Å²) in [4.78, 5) is 2.42. The smallest absolute Gasteiger partial charge is 0.129 e. The topological polar surface area (TPSA) is 29.3 Å². The molecule has 1 aliphatic carbocycles. The van der Waals surface area contributed by atoms with Gasteiger partial charge in [-0.2, -0.15) is 0 Å². The van der Waals surface area contributed by atoms with Crippen molar-refractivity contribution >= 4 is 15.9 Å². The van der Waals surface area contributed by atoms with Gasteiger partial charge < -0.3 is 5.73 Å². The molecule has 2 N–H and O–H groups in total. The molecular formula is C17H24BrFN2. The third kappa shape index (κ3) is 3.33. The molecule has 1 aromatic carbocycles. The summed E-state index contributed by atoms with van der Waals surface area (Å²) in [5, 5.41) is 0. The second kappa shape index (κ2) is 6.76. The first-order valence-corrected chi connectivity index (χ1v) is 8.87. The Bertz CT molecular complexity index is 494. The van der Waals surface area contributed by atoms with E-state index in [4.69, 9.17) is 5.73 Å². The van der Waals surface area contributed by atoms with Gasteiger partial charge in [-0.25, -0.2) is 4.39 Å². The third-order valence-electron chi connectivity index (χ3n) is 5.31. The summed E-state index contributed by atoms with van der Waals surface area (Å²) in [7, 11) is 0. The van der Waals surface area contributed by atoms with Gasteiger partial charge in [0.2, 0.25) is 0 Å². The number of piperidine rings is 1. The maximum absolute atomic E-state index is 14.3. The van der Waals surface area contributed by atoms with Crippen molar-refractivity contribution in [1.82, 2.24) is 4.90 Å². The maximum Gasteiger partial charge on any atom is 0.129 e. The molecule has 1 saturated carbocycles. The molecule has 0 bridgehead atoms. The lowest BCUT2D eigenvalue weighted by Gasteiger charge is -2.44. The molecule has 0 spiro atoms. The number of halogens is 2. The average Bonchev–Trinajstić information content (AvgIpc) is 2.50. The molecule has 2 fully saturated rings. The van der Waals surface area contributed by atoms with Crippen molar-refractivity contribution in [1.29, 1.82) is 0 Å².